The summed E-state index contributed by atoms with van der Waals surface area (Å²) in [4.78, 5) is 22.4. The van der Waals surface area contributed by atoms with Gasteiger partial charge in [-0.05, 0) is 99.7 Å². The number of aryl methyl sites for hydroxylation is 1. The number of rotatable bonds is 5. The minimum Gasteiger partial charge on any atom is -0.383 e. The van der Waals surface area contributed by atoms with E-state index in [4.69, 9.17) is 5.73 Å². The molecule has 1 saturated heterocycles. The van der Waals surface area contributed by atoms with Crippen LogP contribution in [0.25, 0.3) is 0 Å². The largest absolute Gasteiger partial charge is 0.383 e. The van der Waals surface area contributed by atoms with Crippen molar-refractivity contribution in [3.8, 4) is 17.9 Å². The molecule has 7 nitrogen and oxygen atoms in total. The van der Waals surface area contributed by atoms with Crippen LogP contribution < -0.4 is 16.0 Å². The topological polar surface area (TPSA) is 98.3 Å². The van der Waals surface area contributed by atoms with Crippen molar-refractivity contribution < 1.29 is 4.79 Å². The van der Waals surface area contributed by atoms with Gasteiger partial charge in [0.25, 0.3) is 5.91 Å². The van der Waals surface area contributed by atoms with E-state index in [-0.39, 0.29) is 5.91 Å². The number of nitrogens with one attached hydrogen (secondary N) is 1. The fraction of sp³-hybridized carbons (Fsp3) is 0.382. The summed E-state index contributed by atoms with van der Waals surface area (Å²) in [5.74, 6) is 7.32. The second-order valence-electron chi connectivity index (χ2n) is 11.9. The summed E-state index contributed by atoms with van der Waals surface area (Å²) in [5.41, 5.74) is 12.2. The first kappa shape index (κ1) is 28.2. The zero-order chi connectivity index (χ0) is 29.1. The summed E-state index contributed by atoms with van der Waals surface area (Å²) in [6.07, 6.45) is 5.23. The maximum atomic E-state index is 13.4. The summed E-state index contributed by atoms with van der Waals surface area (Å²) >= 11 is 0. The lowest BCUT2D eigenvalue weighted by atomic mass is 9.80. The number of anilines is 3. The zero-order valence-corrected chi connectivity index (χ0v) is 24.4. The van der Waals surface area contributed by atoms with Gasteiger partial charge in [0, 0.05) is 60.4 Å². The van der Waals surface area contributed by atoms with E-state index in [0.717, 1.165) is 72.5 Å². The van der Waals surface area contributed by atoms with Gasteiger partial charge < -0.3 is 20.9 Å². The number of nitriles is 1. The molecule has 41 heavy (non-hydrogen) atoms. The van der Waals surface area contributed by atoms with Gasteiger partial charge in [0.05, 0.1) is 11.5 Å². The molecule has 0 atom stereocenters. The Hall–Kier alpha value is -4.33. The number of likely N-dealkylation sites (N-methyl/N-ethyl adjacent to an activating group) is 1. The number of pyridine rings is 1. The van der Waals surface area contributed by atoms with Crippen LogP contribution in [0.1, 0.15) is 77.2 Å². The van der Waals surface area contributed by atoms with Gasteiger partial charge in [-0.1, -0.05) is 24.3 Å². The number of carbonyl (C=O) groups is 1. The molecular formula is C34H38N6O. The first-order valence-electron chi connectivity index (χ1n) is 14.3. The number of nitrogens with two attached hydrogens (primary N) is 1. The third kappa shape index (κ3) is 6.37. The predicted octanol–water partition coefficient (Wildman–Crippen LogP) is 5.44. The number of amides is 1. The van der Waals surface area contributed by atoms with Crippen LogP contribution in [0.15, 0.2) is 48.7 Å². The van der Waals surface area contributed by atoms with E-state index < -0.39 is 5.41 Å². The van der Waals surface area contributed by atoms with Crippen LogP contribution in [0.2, 0.25) is 0 Å². The quantitative estimate of drug-likeness (QED) is 0.413. The summed E-state index contributed by atoms with van der Waals surface area (Å²) in [5, 5.41) is 12.9. The number of nitrogen functional groups attached to an aromatic ring is 1. The Balaban J connectivity index is 1.39. The van der Waals surface area contributed by atoms with E-state index in [0.29, 0.717) is 23.0 Å². The van der Waals surface area contributed by atoms with Crippen LogP contribution in [0.4, 0.5) is 17.2 Å². The molecular weight excluding hydrogens is 508 g/mol. The van der Waals surface area contributed by atoms with Gasteiger partial charge in [0.2, 0.25) is 0 Å². The number of carbonyl (C=O) groups excluding carboxylic acids is 1. The Morgan fingerprint density at radius 1 is 1.07 bits per heavy atom. The molecule has 1 saturated carbocycles. The number of hydrogen-bond donors (Lipinski definition) is 2. The van der Waals surface area contributed by atoms with Crippen LogP contribution >= 0.6 is 0 Å². The van der Waals surface area contributed by atoms with Crippen LogP contribution in [-0.2, 0) is 5.41 Å². The van der Waals surface area contributed by atoms with Crippen LogP contribution in [0.5, 0.6) is 0 Å². The maximum absolute atomic E-state index is 13.4. The number of benzene rings is 2. The Kier molecular flexibility index (Phi) is 8.01. The first-order valence-corrected chi connectivity index (χ1v) is 14.3. The van der Waals surface area contributed by atoms with Crippen molar-refractivity contribution in [3.63, 3.8) is 0 Å². The number of hydrogen-bond acceptors (Lipinski definition) is 6. The van der Waals surface area contributed by atoms with E-state index in [9.17, 15) is 10.1 Å². The van der Waals surface area contributed by atoms with Crippen LogP contribution in [-0.4, -0.2) is 49.0 Å². The third-order valence-corrected chi connectivity index (χ3v) is 8.38. The molecule has 0 radical (unpaired) electrons. The van der Waals surface area contributed by atoms with Crippen molar-refractivity contribution in [2.45, 2.75) is 51.4 Å². The average Bonchev–Trinajstić information content (AvgIpc) is 2.93. The molecule has 2 heterocycles. The Labute approximate surface area is 243 Å². The smallest absolute Gasteiger partial charge is 0.255 e. The zero-order valence-electron chi connectivity index (χ0n) is 24.4. The standard InChI is InChI=1S/C34H38N6O/c1-23-8-10-27(17-26(23)11-9-24-16-31(25-6-5-7-25)32(36)37-21-24)33(41)38-29-18-28(34(2,3)22-35)19-30(20-29)40-14-12-39(4)13-15-40/h8,10,16-21,25H,5-7,12-15H2,1-4H3,(H2,36,37)(H,38,41). The van der Waals surface area contributed by atoms with Crippen molar-refractivity contribution >= 4 is 23.1 Å². The highest BCUT2D eigenvalue weighted by Gasteiger charge is 2.24. The normalized spacial score (nSPS) is 15.8. The lowest BCUT2D eigenvalue weighted by Gasteiger charge is -2.35. The molecule has 1 aliphatic heterocycles. The Morgan fingerprint density at radius 3 is 2.51 bits per heavy atom. The van der Waals surface area contributed by atoms with Gasteiger partial charge in [-0.2, -0.15) is 5.26 Å². The van der Waals surface area contributed by atoms with Gasteiger partial charge in [0.15, 0.2) is 0 Å². The van der Waals surface area contributed by atoms with Gasteiger partial charge in [0.1, 0.15) is 5.82 Å². The number of piperazine rings is 1. The fourth-order valence-corrected chi connectivity index (χ4v) is 5.20. The fourth-order valence-electron chi connectivity index (χ4n) is 5.20. The molecule has 3 N–H and O–H groups in total. The second-order valence-corrected chi connectivity index (χ2v) is 11.9. The summed E-state index contributed by atoms with van der Waals surface area (Å²) in [6, 6.07) is 16.0. The van der Waals surface area contributed by atoms with E-state index in [1.165, 1.54) is 6.42 Å². The molecule has 0 bridgehead atoms. The number of nitrogens with zero attached hydrogens (tertiary/aromatic N) is 4. The van der Waals surface area contributed by atoms with Gasteiger partial charge in [-0.3, -0.25) is 4.79 Å². The SMILES string of the molecule is Cc1ccc(C(=O)Nc2cc(N3CCN(C)CC3)cc(C(C)(C)C#N)c2)cc1C#Cc1cnc(N)c(C2CCC2)c1. The van der Waals surface area contributed by atoms with Crippen LogP contribution in [0, 0.1) is 30.1 Å². The monoisotopic (exact) mass is 546 g/mol. The Bertz CT molecular complexity index is 1560. The molecule has 2 aromatic carbocycles. The molecule has 5 rings (SSSR count). The second kappa shape index (κ2) is 11.6. The van der Waals surface area contributed by atoms with Gasteiger partial charge in [-0.25, -0.2) is 4.98 Å². The molecule has 2 fully saturated rings. The number of aromatic nitrogens is 1. The molecule has 2 aliphatic rings. The molecule has 210 valence electrons. The summed E-state index contributed by atoms with van der Waals surface area (Å²) in [7, 11) is 2.12. The van der Waals surface area contributed by atoms with E-state index in [2.05, 4.69) is 57.2 Å². The summed E-state index contributed by atoms with van der Waals surface area (Å²) < 4.78 is 0. The molecule has 0 spiro atoms. The minimum atomic E-state index is -0.690. The molecule has 7 heteroatoms. The van der Waals surface area contributed by atoms with E-state index in [1.54, 1.807) is 6.20 Å². The Morgan fingerprint density at radius 2 is 1.83 bits per heavy atom. The molecule has 1 amide bonds. The van der Waals surface area contributed by atoms with Crippen molar-refractivity contribution in [1.82, 2.24) is 9.88 Å². The lowest BCUT2D eigenvalue weighted by Crippen LogP contribution is -2.44. The van der Waals surface area contributed by atoms with Gasteiger partial charge in [-0.15, -0.1) is 0 Å². The highest BCUT2D eigenvalue weighted by Crippen LogP contribution is 2.38. The molecule has 3 aromatic rings. The first-order chi connectivity index (χ1) is 19.6. The molecule has 1 aromatic heterocycles. The van der Waals surface area contributed by atoms with E-state index in [1.807, 2.05) is 51.1 Å². The lowest BCUT2D eigenvalue weighted by molar-refractivity contribution is 0.102. The van der Waals surface area contributed by atoms with Crippen molar-refractivity contribution in [1.29, 1.82) is 5.26 Å². The highest BCUT2D eigenvalue weighted by molar-refractivity contribution is 6.04. The van der Waals surface area contributed by atoms with Gasteiger partial charge >= 0.3 is 0 Å². The highest BCUT2D eigenvalue weighted by atomic mass is 16.1. The summed E-state index contributed by atoms with van der Waals surface area (Å²) in [6.45, 7) is 9.52. The molecule has 0 unspecified atom stereocenters. The predicted molar refractivity (Wildman–Crippen MR) is 165 cm³/mol. The maximum Gasteiger partial charge on any atom is 0.255 e. The minimum absolute atomic E-state index is 0.217. The van der Waals surface area contributed by atoms with E-state index >= 15 is 0 Å². The van der Waals surface area contributed by atoms with Crippen molar-refractivity contribution in [2.75, 3.05) is 49.2 Å². The van der Waals surface area contributed by atoms with Crippen molar-refractivity contribution in [2.24, 2.45) is 0 Å². The van der Waals surface area contributed by atoms with Crippen molar-refractivity contribution in [3.05, 3.63) is 82.0 Å². The van der Waals surface area contributed by atoms with Crippen LogP contribution in [0.3, 0.4) is 0 Å². The molecule has 1 aliphatic carbocycles. The third-order valence-electron chi connectivity index (χ3n) is 8.38. The average molecular weight is 547 g/mol.